The summed E-state index contributed by atoms with van der Waals surface area (Å²) < 4.78 is 18.0. The highest BCUT2D eigenvalue weighted by Crippen LogP contribution is 2.40. The lowest BCUT2D eigenvalue weighted by molar-refractivity contribution is -0.104. The molecule has 0 amide bonds. The number of aldehydes is 1. The number of halogens is 2. The Balaban J connectivity index is 0.00000497. The number of hydrogen-bond donors (Lipinski definition) is 0. The predicted octanol–water partition coefficient (Wildman–Crippen LogP) is 10.0. The Hall–Kier alpha value is -4.82. The first-order valence-electron chi connectivity index (χ1n) is 18.5. The summed E-state index contributed by atoms with van der Waals surface area (Å²) >= 11 is 6.80. The topological polar surface area (TPSA) is 64.1 Å². The summed E-state index contributed by atoms with van der Waals surface area (Å²) in [6.07, 6.45) is 7.63. The molecule has 1 saturated carbocycles. The summed E-state index contributed by atoms with van der Waals surface area (Å²) in [7, 11) is 0. The summed E-state index contributed by atoms with van der Waals surface area (Å²) in [4.78, 5) is 20.9. The number of piperazine rings is 1. The van der Waals surface area contributed by atoms with Crippen molar-refractivity contribution in [2.24, 2.45) is 0 Å². The van der Waals surface area contributed by atoms with Crippen molar-refractivity contribution in [1.29, 1.82) is 0 Å². The van der Waals surface area contributed by atoms with E-state index in [-0.39, 0.29) is 12.4 Å². The molecule has 0 N–H and O–H groups in total. The van der Waals surface area contributed by atoms with Gasteiger partial charge in [0.25, 0.3) is 0 Å². The number of rotatable bonds is 15. The number of hydrogen-bond acceptors (Lipinski definition) is 7. The largest absolute Gasteiger partial charge is 0.493 e. The number of aromatic nitrogens is 1. The molecule has 5 aromatic rings. The van der Waals surface area contributed by atoms with E-state index in [2.05, 4.69) is 94.5 Å². The summed E-state index contributed by atoms with van der Waals surface area (Å²) in [5.41, 5.74) is 8.88. The summed E-state index contributed by atoms with van der Waals surface area (Å²) in [5, 5.41) is 0.453. The number of aryl methyl sites for hydroxylation is 2. The third-order valence-electron chi connectivity index (χ3n) is 9.92. The number of ether oxygens (including phenoxy) is 3. The van der Waals surface area contributed by atoms with E-state index in [1.807, 2.05) is 25.1 Å². The van der Waals surface area contributed by atoms with Crippen LogP contribution in [0.3, 0.4) is 0 Å². The van der Waals surface area contributed by atoms with Gasteiger partial charge in [0.2, 0.25) is 5.88 Å². The first-order chi connectivity index (χ1) is 25.9. The van der Waals surface area contributed by atoms with Crippen molar-refractivity contribution in [2.75, 3.05) is 32.8 Å². The Morgan fingerprint density at radius 2 is 1.50 bits per heavy atom. The van der Waals surface area contributed by atoms with Gasteiger partial charge >= 0.3 is 0 Å². The Bertz CT molecular complexity index is 1980. The number of allylic oxidation sites excluding steroid dienone is 1. The summed E-state index contributed by atoms with van der Waals surface area (Å²) in [6.45, 7) is 9.39. The van der Waals surface area contributed by atoms with Gasteiger partial charge in [-0.15, -0.1) is 12.4 Å². The minimum atomic E-state index is 0. The van der Waals surface area contributed by atoms with Gasteiger partial charge in [-0.1, -0.05) is 77.8 Å². The van der Waals surface area contributed by atoms with Crippen LogP contribution < -0.4 is 14.2 Å². The first kappa shape index (κ1) is 38.9. The molecule has 0 radical (unpaired) electrons. The zero-order chi connectivity index (χ0) is 36.6. The Kier molecular flexibility index (Phi) is 13.3. The van der Waals surface area contributed by atoms with Crippen LogP contribution in [0, 0.1) is 13.8 Å². The highest BCUT2D eigenvalue weighted by molar-refractivity contribution is 6.32. The van der Waals surface area contributed by atoms with Crippen LogP contribution in [0.2, 0.25) is 5.02 Å². The molecule has 2 fully saturated rings. The summed E-state index contributed by atoms with van der Waals surface area (Å²) in [6, 6.07) is 33.2. The lowest BCUT2D eigenvalue weighted by Crippen LogP contribution is -2.45. The maximum Gasteiger partial charge on any atom is 0.219 e. The molecule has 4 aromatic carbocycles. The average molecular weight is 765 g/mol. The van der Waals surface area contributed by atoms with E-state index in [1.165, 1.54) is 35.1 Å². The molecule has 0 unspecified atom stereocenters. The van der Waals surface area contributed by atoms with Gasteiger partial charge in [0.1, 0.15) is 24.4 Å². The molecule has 54 heavy (non-hydrogen) atoms. The molecule has 0 bridgehead atoms. The lowest BCUT2D eigenvalue weighted by atomic mass is 10.1. The highest BCUT2D eigenvalue weighted by Gasteiger charge is 2.23. The fourth-order valence-electron chi connectivity index (χ4n) is 6.68. The van der Waals surface area contributed by atoms with Crippen LogP contribution in [0.5, 0.6) is 23.1 Å². The van der Waals surface area contributed by atoms with Gasteiger partial charge < -0.3 is 19.1 Å². The molecule has 9 heteroatoms. The van der Waals surface area contributed by atoms with E-state index in [9.17, 15) is 4.79 Å². The van der Waals surface area contributed by atoms with E-state index in [0.717, 1.165) is 79.5 Å². The quantitative estimate of drug-likeness (QED) is 0.0777. The second-order valence-electron chi connectivity index (χ2n) is 14.0. The van der Waals surface area contributed by atoms with Crippen molar-refractivity contribution < 1.29 is 19.0 Å². The van der Waals surface area contributed by atoms with Crippen LogP contribution in [-0.4, -0.2) is 53.9 Å². The number of benzene rings is 4. The number of carbonyl (C=O) groups is 1. The van der Waals surface area contributed by atoms with Crippen molar-refractivity contribution in [3.05, 3.63) is 153 Å². The second-order valence-corrected chi connectivity index (χ2v) is 14.4. The van der Waals surface area contributed by atoms with Crippen LogP contribution in [0.4, 0.5) is 0 Å². The molecule has 2 heterocycles. The minimum absolute atomic E-state index is 0. The molecule has 0 atom stereocenters. The zero-order valence-corrected chi connectivity index (χ0v) is 32.5. The SMILES string of the molecule is Cc1ccc(COc2ccc(Oc3c(C)cc(/C(=C\C=O)N4CCN(Cc5ccc(CCOc6ccc(C7CC7)cc6)cc5)CC4)cc3Cl)nc2)cc1.Cl. The van der Waals surface area contributed by atoms with Crippen molar-refractivity contribution in [3.8, 4) is 23.1 Å². The van der Waals surface area contributed by atoms with Crippen LogP contribution in [0.25, 0.3) is 5.70 Å². The average Bonchev–Trinajstić information content (AvgIpc) is 4.03. The van der Waals surface area contributed by atoms with Gasteiger partial charge in [-0.05, 0) is 96.3 Å². The van der Waals surface area contributed by atoms with Crippen molar-refractivity contribution >= 4 is 36.0 Å². The van der Waals surface area contributed by atoms with Crippen molar-refractivity contribution in [1.82, 2.24) is 14.8 Å². The van der Waals surface area contributed by atoms with Gasteiger partial charge in [0.05, 0.1) is 17.8 Å². The van der Waals surface area contributed by atoms with Crippen LogP contribution in [0.1, 0.15) is 57.7 Å². The molecule has 280 valence electrons. The highest BCUT2D eigenvalue weighted by atomic mass is 35.5. The zero-order valence-electron chi connectivity index (χ0n) is 30.9. The van der Waals surface area contributed by atoms with Crippen molar-refractivity contribution in [2.45, 2.75) is 52.2 Å². The molecular formula is C45H47Cl2N3O4. The van der Waals surface area contributed by atoms with Crippen LogP contribution in [-0.2, 0) is 24.4 Å². The molecule has 1 aromatic heterocycles. The van der Waals surface area contributed by atoms with Gasteiger partial charge in [-0.2, -0.15) is 0 Å². The van der Waals surface area contributed by atoms with E-state index < -0.39 is 0 Å². The molecule has 2 aliphatic rings. The maximum absolute atomic E-state index is 11.8. The Morgan fingerprint density at radius 3 is 2.15 bits per heavy atom. The van der Waals surface area contributed by atoms with Crippen molar-refractivity contribution in [3.63, 3.8) is 0 Å². The molecule has 1 aliphatic heterocycles. The standard InChI is InChI=1S/C45H46ClN3O4.ClH/c1-32-3-5-36(6-4-32)31-52-41-17-18-44(47-29-41)53-45-33(2)27-39(28-42(45)46)43(19-25-50)49-23-21-48(22-24-49)30-35-9-7-34(8-10-35)20-26-51-40-15-13-38(14-16-40)37-11-12-37;/h3-10,13-19,25,27-29,37H,11-12,20-24,26,30-31H2,1-2H3;1H/b43-19+;. The monoisotopic (exact) mass is 763 g/mol. The fraction of sp³-hybridized carbons (Fsp3) is 0.289. The van der Waals surface area contributed by atoms with E-state index in [1.54, 1.807) is 18.3 Å². The third-order valence-corrected chi connectivity index (χ3v) is 10.2. The molecule has 1 saturated heterocycles. The Labute approximate surface area is 329 Å². The molecule has 0 spiro atoms. The second kappa shape index (κ2) is 18.5. The molecule has 7 rings (SSSR count). The smallest absolute Gasteiger partial charge is 0.219 e. The van der Waals surface area contributed by atoms with Crippen LogP contribution in [0.15, 0.2) is 109 Å². The summed E-state index contributed by atoms with van der Waals surface area (Å²) in [5.74, 6) is 3.31. The first-order valence-corrected chi connectivity index (χ1v) is 18.8. The van der Waals surface area contributed by atoms with Gasteiger partial charge in [0.15, 0.2) is 5.75 Å². The number of carbonyl (C=O) groups excluding carboxylic acids is 1. The third kappa shape index (κ3) is 10.4. The number of pyridine rings is 1. The Morgan fingerprint density at radius 1 is 0.815 bits per heavy atom. The number of nitrogens with zero attached hydrogens (tertiary/aromatic N) is 3. The van der Waals surface area contributed by atoms with E-state index in [4.69, 9.17) is 25.8 Å². The maximum atomic E-state index is 11.8. The molecule has 7 nitrogen and oxygen atoms in total. The lowest BCUT2D eigenvalue weighted by Gasteiger charge is -2.37. The predicted molar refractivity (Wildman–Crippen MR) is 218 cm³/mol. The van der Waals surface area contributed by atoms with Crippen LogP contribution >= 0.6 is 24.0 Å². The van der Waals surface area contributed by atoms with E-state index in [0.29, 0.717) is 35.6 Å². The van der Waals surface area contributed by atoms with Gasteiger partial charge in [-0.3, -0.25) is 9.69 Å². The van der Waals surface area contributed by atoms with Gasteiger partial charge in [0, 0.05) is 57.0 Å². The molecule has 1 aliphatic carbocycles. The fourth-order valence-corrected chi connectivity index (χ4v) is 6.99. The minimum Gasteiger partial charge on any atom is -0.493 e. The van der Waals surface area contributed by atoms with E-state index >= 15 is 0 Å². The molecular weight excluding hydrogens is 717 g/mol. The normalized spacial score (nSPS) is 14.6. The van der Waals surface area contributed by atoms with Gasteiger partial charge in [-0.25, -0.2) is 4.98 Å².